The average Bonchev–Trinajstić information content (AvgIpc) is 3.08. The molecule has 8 nitrogen and oxygen atoms in total. The molecule has 0 saturated heterocycles. The van der Waals surface area contributed by atoms with Crippen LogP contribution in [0.15, 0.2) is 53.7 Å². The van der Waals surface area contributed by atoms with Gasteiger partial charge in [0.15, 0.2) is 5.16 Å². The van der Waals surface area contributed by atoms with Gasteiger partial charge < -0.3 is 19.9 Å². The lowest BCUT2D eigenvalue weighted by atomic mass is 10.2. The van der Waals surface area contributed by atoms with E-state index < -0.39 is 0 Å². The van der Waals surface area contributed by atoms with E-state index in [2.05, 4.69) is 20.8 Å². The van der Waals surface area contributed by atoms with E-state index in [-0.39, 0.29) is 24.0 Å². The molecule has 0 aliphatic carbocycles. The van der Waals surface area contributed by atoms with Gasteiger partial charge in [0.2, 0.25) is 11.8 Å². The number of aromatic nitrogens is 3. The van der Waals surface area contributed by atoms with Crippen molar-refractivity contribution in [3.63, 3.8) is 0 Å². The number of aryl methyl sites for hydroxylation is 1. The van der Waals surface area contributed by atoms with Crippen molar-refractivity contribution in [1.29, 1.82) is 0 Å². The van der Waals surface area contributed by atoms with Gasteiger partial charge in [0.1, 0.15) is 11.6 Å². The maximum atomic E-state index is 12.3. The summed E-state index contributed by atoms with van der Waals surface area (Å²) in [7, 11) is 3.36. The molecule has 0 radical (unpaired) electrons. The van der Waals surface area contributed by atoms with Gasteiger partial charge in [-0.1, -0.05) is 29.5 Å². The minimum absolute atomic E-state index is 0.0932. The predicted molar refractivity (Wildman–Crippen MR) is 117 cm³/mol. The van der Waals surface area contributed by atoms with Gasteiger partial charge in [0, 0.05) is 18.4 Å². The first-order chi connectivity index (χ1) is 14.4. The van der Waals surface area contributed by atoms with E-state index in [1.54, 1.807) is 43.0 Å². The Morgan fingerprint density at radius 3 is 2.20 bits per heavy atom. The van der Waals surface area contributed by atoms with E-state index in [1.165, 1.54) is 11.8 Å². The van der Waals surface area contributed by atoms with Crippen LogP contribution in [0.25, 0.3) is 0 Å². The zero-order valence-electron chi connectivity index (χ0n) is 17.0. The number of hydrogen-bond acceptors (Lipinski definition) is 6. The largest absolute Gasteiger partial charge is 0.497 e. The van der Waals surface area contributed by atoms with Crippen LogP contribution in [0.4, 0.5) is 11.4 Å². The molecule has 2 N–H and O–H groups in total. The number of ether oxygens (including phenoxy) is 1. The Labute approximate surface area is 179 Å². The number of thioether (sulfide) groups is 1. The SMILES string of the molecule is COc1ccc(NC(=O)CSc2nnc(CC(=O)Nc3ccc(C)cc3)n2C)cc1. The van der Waals surface area contributed by atoms with Gasteiger partial charge in [0.25, 0.3) is 0 Å². The highest BCUT2D eigenvalue weighted by molar-refractivity contribution is 7.99. The molecule has 156 valence electrons. The second-order valence-corrected chi connectivity index (χ2v) is 7.56. The molecular weight excluding hydrogens is 402 g/mol. The fourth-order valence-electron chi connectivity index (χ4n) is 2.61. The zero-order valence-corrected chi connectivity index (χ0v) is 17.8. The summed E-state index contributed by atoms with van der Waals surface area (Å²) in [6, 6.07) is 14.7. The van der Waals surface area contributed by atoms with Gasteiger partial charge >= 0.3 is 0 Å². The van der Waals surface area contributed by atoms with Crippen LogP contribution in [0, 0.1) is 6.92 Å². The minimum atomic E-state index is -0.178. The summed E-state index contributed by atoms with van der Waals surface area (Å²) < 4.78 is 6.82. The number of carbonyl (C=O) groups excluding carboxylic acids is 2. The van der Waals surface area contributed by atoms with Gasteiger partial charge in [-0.15, -0.1) is 10.2 Å². The first-order valence-corrected chi connectivity index (χ1v) is 10.2. The molecule has 0 fully saturated rings. The summed E-state index contributed by atoms with van der Waals surface area (Å²) in [5.74, 6) is 1.08. The maximum Gasteiger partial charge on any atom is 0.234 e. The smallest absolute Gasteiger partial charge is 0.234 e. The molecule has 3 rings (SSSR count). The highest BCUT2D eigenvalue weighted by atomic mass is 32.2. The lowest BCUT2D eigenvalue weighted by molar-refractivity contribution is -0.116. The van der Waals surface area contributed by atoms with E-state index in [0.717, 1.165) is 17.0 Å². The molecule has 2 aromatic carbocycles. The highest BCUT2D eigenvalue weighted by Crippen LogP contribution is 2.18. The molecule has 3 aromatic rings. The number of anilines is 2. The Hall–Kier alpha value is -3.33. The molecular formula is C21H23N5O3S. The van der Waals surface area contributed by atoms with Crippen LogP contribution in [-0.2, 0) is 23.1 Å². The van der Waals surface area contributed by atoms with Crippen LogP contribution in [0.5, 0.6) is 5.75 Å². The quantitative estimate of drug-likeness (QED) is 0.539. The number of hydrogen-bond donors (Lipinski definition) is 2. The van der Waals surface area contributed by atoms with Crippen molar-refractivity contribution in [2.45, 2.75) is 18.5 Å². The Morgan fingerprint density at radius 1 is 0.967 bits per heavy atom. The van der Waals surface area contributed by atoms with Crippen LogP contribution < -0.4 is 15.4 Å². The third-order valence-corrected chi connectivity index (χ3v) is 5.31. The third-order valence-electron chi connectivity index (χ3n) is 4.29. The van der Waals surface area contributed by atoms with Gasteiger partial charge in [-0.2, -0.15) is 0 Å². The number of nitrogens with one attached hydrogen (secondary N) is 2. The third kappa shape index (κ3) is 5.84. The molecule has 1 heterocycles. The van der Waals surface area contributed by atoms with E-state index in [0.29, 0.717) is 16.7 Å². The Morgan fingerprint density at radius 2 is 1.57 bits per heavy atom. The monoisotopic (exact) mass is 425 g/mol. The van der Waals surface area contributed by atoms with Crippen LogP contribution in [0.3, 0.4) is 0 Å². The Balaban J connectivity index is 1.51. The fraction of sp³-hybridized carbons (Fsp3) is 0.238. The summed E-state index contributed by atoms with van der Waals surface area (Å²) in [6.07, 6.45) is 0.0932. The van der Waals surface area contributed by atoms with E-state index in [9.17, 15) is 9.59 Å². The normalized spacial score (nSPS) is 10.5. The number of rotatable bonds is 8. The number of methoxy groups -OCH3 is 1. The molecule has 1 aromatic heterocycles. The predicted octanol–water partition coefficient (Wildman–Crippen LogP) is 3.04. The van der Waals surface area contributed by atoms with Crippen LogP contribution in [0.2, 0.25) is 0 Å². The summed E-state index contributed by atoms with van der Waals surface area (Å²) in [6.45, 7) is 1.99. The number of nitrogens with zero attached hydrogens (tertiary/aromatic N) is 3. The summed E-state index contributed by atoms with van der Waals surface area (Å²) >= 11 is 1.26. The maximum absolute atomic E-state index is 12.3. The lowest BCUT2D eigenvalue weighted by Crippen LogP contribution is -2.17. The molecule has 0 saturated carbocycles. The number of carbonyl (C=O) groups is 2. The summed E-state index contributed by atoms with van der Waals surface area (Å²) in [5, 5.41) is 14.4. The molecule has 0 aliphatic heterocycles. The van der Waals surface area contributed by atoms with Crippen LogP contribution in [-0.4, -0.2) is 39.4 Å². The molecule has 9 heteroatoms. The van der Waals surface area contributed by atoms with Crippen molar-refractivity contribution in [3.8, 4) is 5.75 Å². The topological polar surface area (TPSA) is 98.1 Å². The van der Waals surface area contributed by atoms with Crippen molar-refractivity contribution >= 4 is 35.0 Å². The highest BCUT2D eigenvalue weighted by Gasteiger charge is 2.14. The molecule has 0 spiro atoms. The minimum Gasteiger partial charge on any atom is -0.497 e. The second kappa shape index (κ2) is 9.93. The summed E-state index contributed by atoms with van der Waals surface area (Å²) in [4.78, 5) is 24.4. The Bertz CT molecular complexity index is 1020. The van der Waals surface area contributed by atoms with E-state index in [1.807, 2.05) is 31.2 Å². The van der Waals surface area contributed by atoms with Crippen LogP contribution in [0.1, 0.15) is 11.4 Å². The lowest BCUT2D eigenvalue weighted by Gasteiger charge is -2.07. The molecule has 0 aliphatic rings. The first kappa shape index (κ1) is 21.4. The van der Waals surface area contributed by atoms with Crippen molar-refractivity contribution < 1.29 is 14.3 Å². The van der Waals surface area contributed by atoms with E-state index >= 15 is 0 Å². The van der Waals surface area contributed by atoms with Crippen LogP contribution >= 0.6 is 11.8 Å². The fourth-order valence-corrected chi connectivity index (χ4v) is 3.34. The van der Waals surface area contributed by atoms with Gasteiger partial charge in [-0.3, -0.25) is 9.59 Å². The first-order valence-electron chi connectivity index (χ1n) is 9.26. The van der Waals surface area contributed by atoms with Gasteiger partial charge in [-0.05, 0) is 43.3 Å². The van der Waals surface area contributed by atoms with Crippen molar-refractivity contribution in [3.05, 3.63) is 59.9 Å². The van der Waals surface area contributed by atoms with Crippen molar-refractivity contribution in [2.24, 2.45) is 7.05 Å². The average molecular weight is 426 g/mol. The molecule has 30 heavy (non-hydrogen) atoms. The second-order valence-electron chi connectivity index (χ2n) is 6.61. The molecule has 0 atom stereocenters. The zero-order chi connectivity index (χ0) is 21.5. The number of amides is 2. The van der Waals surface area contributed by atoms with Gasteiger partial charge in [-0.25, -0.2) is 0 Å². The Kier molecular flexibility index (Phi) is 7.08. The molecule has 0 unspecified atom stereocenters. The number of benzene rings is 2. The van der Waals surface area contributed by atoms with Crippen molar-refractivity contribution in [1.82, 2.24) is 14.8 Å². The summed E-state index contributed by atoms with van der Waals surface area (Å²) in [5.41, 5.74) is 2.55. The van der Waals surface area contributed by atoms with Gasteiger partial charge in [0.05, 0.1) is 19.3 Å². The van der Waals surface area contributed by atoms with Crippen molar-refractivity contribution in [2.75, 3.05) is 23.5 Å². The standard InChI is InChI=1S/C21H23N5O3S/c1-14-4-6-15(7-5-14)22-19(27)12-18-24-25-21(26(18)2)30-13-20(28)23-16-8-10-17(29-3)11-9-16/h4-11H,12-13H2,1-3H3,(H,22,27)(H,23,28). The molecule has 2 amide bonds. The molecule has 0 bridgehead atoms. The van der Waals surface area contributed by atoms with E-state index in [4.69, 9.17) is 4.74 Å².